The lowest BCUT2D eigenvalue weighted by Crippen LogP contribution is -2.56. The van der Waals surface area contributed by atoms with Crippen LogP contribution < -0.4 is 16.1 Å². The van der Waals surface area contributed by atoms with Gasteiger partial charge in [-0.25, -0.2) is 18.9 Å². The maximum atomic E-state index is 13.3. The van der Waals surface area contributed by atoms with E-state index in [9.17, 15) is 22.8 Å². The van der Waals surface area contributed by atoms with Crippen LogP contribution in [-0.4, -0.2) is 86.5 Å². The minimum absolute atomic E-state index is 0.0393. The van der Waals surface area contributed by atoms with Crippen molar-refractivity contribution >= 4 is 27.4 Å². The van der Waals surface area contributed by atoms with E-state index in [-0.39, 0.29) is 35.7 Å². The second kappa shape index (κ2) is 12.3. The molecule has 2 aliphatic heterocycles. The normalized spacial score (nSPS) is 23.0. The summed E-state index contributed by atoms with van der Waals surface area (Å²) in [4.78, 5) is 39.0. The van der Waals surface area contributed by atoms with Crippen LogP contribution in [0.25, 0.3) is 0 Å². The van der Waals surface area contributed by atoms with Crippen molar-refractivity contribution < 1.29 is 27.5 Å². The number of carbonyl (C=O) groups excluding carboxylic acids is 3. The third kappa shape index (κ3) is 8.65. The predicted octanol–water partition coefficient (Wildman–Crippen LogP) is 0.228. The smallest absolute Gasteiger partial charge is 0.243 e. The van der Waals surface area contributed by atoms with Gasteiger partial charge in [-0.1, -0.05) is 44.2 Å². The maximum absolute atomic E-state index is 13.3. The summed E-state index contributed by atoms with van der Waals surface area (Å²) in [6, 6.07) is 8.12. The summed E-state index contributed by atoms with van der Waals surface area (Å²) in [6.45, 7) is 6.54. The van der Waals surface area contributed by atoms with Crippen LogP contribution in [0.5, 0.6) is 0 Å². The molecule has 0 bridgehead atoms. The van der Waals surface area contributed by atoms with Crippen LogP contribution in [0.3, 0.4) is 0 Å². The Morgan fingerprint density at radius 1 is 1.06 bits per heavy atom. The molecule has 11 heteroatoms. The fourth-order valence-corrected chi connectivity index (χ4v) is 5.32. The Kier molecular flexibility index (Phi) is 9.62. The Hall–Kier alpha value is -2.34. The number of carbonyl (C=O) groups is 3. The SMILES string of the molecule is CC(C)C[C@H](NC(=O)[C@H](CCc1ccccc1)NC(=O)CNN1CCS(=O)(=O)CC1)C(=O)[C@@]1(C)CO1. The molecule has 0 spiro atoms. The molecule has 36 heavy (non-hydrogen) atoms. The number of benzene rings is 1. The highest BCUT2D eigenvalue weighted by atomic mass is 32.2. The van der Waals surface area contributed by atoms with Gasteiger partial charge < -0.3 is 15.4 Å². The molecule has 1 aromatic rings. The number of sulfone groups is 1. The van der Waals surface area contributed by atoms with Gasteiger partial charge >= 0.3 is 0 Å². The van der Waals surface area contributed by atoms with Gasteiger partial charge in [0.1, 0.15) is 11.6 Å². The molecule has 1 aromatic carbocycles. The van der Waals surface area contributed by atoms with E-state index in [4.69, 9.17) is 4.74 Å². The summed E-state index contributed by atoms with van der Waals surface area (Å²) >= 11 is 0. The minimum Gasteiger partial charge on any atom is -0.361 e. The second-order valence-electron chi connectivity index (χ2n) is 10.2. The molecule has 3 N–H and O–H groups in total. The first-order chi connectivity index (χ1) is 17.0. The van der Waals surface area contributed by atoms with E-state index in [2.05, 4.69) is 16.1 Å². The van der Waals surface area contributed by atoms with Gasteiger partial charge in [0.05, 0.1) is 30.7 Å². The average Bonchev–Trinajstić information content (AvgIpc) is 3.58. The maximum Gasteiger partial charge on any atom is 0.243 e. The molecule has 0 aliphatic carbocycles. The molecule has 2 saturated heterocycles. The van der Waals surface area contributed by atoms with Crippen molar-refractivity contribution in [1.82, 2.24) is 21.1 Å². The number of Topliss-reactive ketones (excluding diaryl/α,β-unsaturated/α-hetero) is 1. The molecule has 2 aliphatic rings. The molecule has 2 heterocycles. The molecular weight excluding hydrogens is 484 g/mol. The Balaban J connectivity index is 1.62. The third-order valence-electron chi connectivity index (χ3n) is 6.46. The molecule has 0 aromatic heterocycles. The van der Waals surface area contributed by atoms with Crippen molar-refractivity contribution in [3.05, 3.63) is 35.9 Å². The molecule has 0 saturated carbocycles. The van der Waals surface area contributed by atoms with E-state index in [1.165, 1.54) is 0 Å². The standard InChI is InChI=1S/C25H38N4O6S/c1-18(2)15-21(23(31)25(3)17-35-25)28-24(32)20(10-9-19-7-5-4-6-8-19)27-22(30)16-26-29-11-13-36(33,34)14-12-29/h4-8,18,20-21,26H,9-17H2,1-3H3,(H,27,30)(H,28,32)/t20-,21-,25+/m0/s1. The summed E-state index contributed by atoms with van der Waals surface area (Å²) in [5.41, 5.74) is 3.12. The molecule has 0 radical (unpaired) electrons. The number of rotatable bonds is 13. The zero-order valence-electron chi connectivity index (χ0n) is 21.3. The van der Waals surface area contributed by atoms with E-state index in [1.807, 2.05) is 44.2 Å². The first-order valence-corrected chi connectivity index (χ1v) is 14.3. The van der Waals surface area contributed by atoms with Crippen LogP contribution in [0, 0.1) is 5.92 Å². The van der Waals surface area contributed by atoms with E-state index in [0.29, 0.717) is 39.0 Å². The summed E-state index contributed by atoms with van der Waals surface area (Å²) in [7, 11) is -3.02. The van der Waals surface area contributed by atoms with Crippen molar-refractivity contribution in [2.45, 2.75) is 57.7 Å². The lowest BCUT2D eigenvalue weighted by molar-refractivity contribution is -0.133. The molecule has 0 unspecified atom stereocenters. The van der Waals surface area contributed by atoms with Gasteiger partial charge in [0.2, 0.25) is 11.8 Å². The van der Waals surface area contributed by atoms with Crippen molar-refractivity contribution in [2.75, 3.05) is 37.7 Å². The van der Waals surface area contributed by atoms with Crippen LogP contribution in [0.2, 0.25) is 0 Å². The van der Waals surface area contributed by atoms with Crippen LogP contribution in [0.1, 0.15) is 39.2 Å². The zero-order valence-corrected chi connectivity index (χ0v) is 22.1. The zero-order chi connectivity index (χ0) is 26.3. The largest absolute Gasteiger partial charge is 0.361 e. The highest BCUT2D eigenvalue weighted by molar-refractivity contribution is 7.91. The van der Waals surface area contributed by atoms with Gasteiger partial charge in [0, 0.05) is 13.1 Å². The van der Waals surface area contributed by atoms with E-state index in [0.717, 1.165) is 5.56 Å². The Labute approximate surface area is 213 Å². The average molecular weight is 523 g/mol. The highest BCUT2D eigenvalue weighted by Crippen LogP contribution is 2.29. The second-order valence-corrected chi connectivity index (χ2v) is 12.5. The van der Waals surface area contributed by atoms with E-state index >= 15 is 0 Å². The first-order valence-electron chi connectivity index (χ1n) is 12.5. The van der Waals surface area contributed by atoms with Crippen molar-refractivity contribution in [3.63, 3.8) is 0 Å². The number of ketones is 1. The first kappa shape index (κ1) is 28.2. The van der Waals surface area contributed by atoms with Crippen LogP contribution >= 0.6 is 0 Å². The summed E-state index contributed by atoms with van der Waals surface area (Å²) in [5.74, 6) is -0.696. The van der Waals surface area contributed by atoms with Gasteiger partial charge in [-0.2, -0.15) is 0 Å². The van der Waals surface area contributed by atoms with Gasteiger partial charge in [0.15, 0.2) is 15.6 Å². The number of hydrogen-bond acceptors (Lipinski definition) is 8. The molecule has 2 amide bonds. The number of ether oxygens (including phenoxy) is 1. The lowest BCUT2D eigenvalue weighted by Gasteiger charge is -2.28. The number of nitrogens with zero attached hydrogens (tertiary/aromatic N) is 1. The fraction of sp³-hybridized carbons (Fsp3) is 0.640. The minimum atomic E-state index is -3.02. The number of nitrogens with one attached hydrogen (secondary N) is 3. The molecule has 3 rings (SSSR count). The fourth-order valence-electron chi connectivity index (χ4n) is 4.12. The highest BCUT2D eigenvalue weighted by Gasteiger charge is 2.50. The monoisotopic (exact) mass is 522 g/mol. The van der Waals surface area contributed by atoms with Gasteiger partial charge in [-0.3, -0.25) is 14.4 Å². The summed E-state index contributed by atoms with van der Waals surface area (Å²) in [6.07, 6.45) is 1.41. The van der Waals surface area contributed by atoms with E-state index < -0.39 is 33.4 Å². The molecule has 2 fully saturated rings. The lowest BCUT2D eigenvalue weighted by atomic mass is 9.93. The van der Waals surface area contributed by atoms with Crippen molar-refractivity contribution in [3.8, 4) is 0 Å². The van der Waals surface area contributed by atoms with Gasteiger partial charge in [-0.05, 0) is 37.7 Å². The Bertz CT molecular complexity index is 1010. The number of hydrazine groups is 1. The topological polar surface area (TPSA) is 137 Å². The predicted molar refractivity (Wildman–Crippen MR) is 136 cm³/mol. The molecule has 10 nitrogen and oxygen atoms in total. The van der Waals surface area contributed by atoms with E-state index in [1.54, 1.807) is 11.9 Å². The molecule has 3 atom stereocenters. The quantitative estimate of drug-likeness (QED) is 0.313. The number of epoxide rings is 1. The number of hydrogen-bond donors (Lipinski definition) is 3. The molecular formula is C25H38N4O6S. The van der Waals surface area contributed by atoms with Crippen LogP contribution in [0.15, 0.2) is 30.3 Å². The van der Waals surface area contributed by atoms with Gasteiger partial charge in [0.25, 0.3) is 0 Å². The molecule has 200 valence electrons. The van der Waals surface area contributed by atoms with Gasteiger partial charge in [-0.15, -0.1) is 0 Å². The van der Waals surface area contributed by atoms with Crippen LogP contribution in [-0.2, 0) is 35.4 Å². The van der Waals surface area contributed by atoms with Crippen LogP contribution in [0.4, 0.5) is 0 Å². The van der Waals surface area contributed by atoms with Crippen molar-refractivity contribution in [1.29, 1.82) is 0 Å². The number of aryl methyl sites for hydroxylation is 1. The number of amides is 2. The summed E-state index contributed by atoms with van der Waals surface area (Å²) in [5, 5.41) is 7.37. The summed E-state index contributed by atoms with van der Waals surface area (Å²) < 4.78 is 28.5. The van der Waals surface area contributed by atoms with Crippen molar-refractivity contribution in [2.24, 2.45) is 5.92 Å². The Morgan fingerprint density at radius 3 is 2.28 bits per heavy atom. The Morgan fingerprint density at radius 2 is 1.69 bits per heavy atom. The third-order valence-corrected chi connectivity index (χ3v) is 8.07.